The van der Waals surface area contributed by atoms with E-state index in [0.717, 1.165) is 0 Å². The molecule has 25 heavy (non-hydrogen) atoms. The first-order valence-corrected chi connectivity index (χ1v) is 11.3. The Hall–Kier alpha value is -0.780. The summed E-state index contributed by atoms with van der Waals surface area (Å²) in [5.41, 5.74) is 0. The second kappa shape index (κ2) is 23.2. The van der Waals surface area contributed by atoms with E-state index in [9.17, 15) is 0 Å². The standard InChI is InChI=1S/C25H46/c1-3-5-7-9-11-13-15-17-19-21-23-25-24-22-20-18-16-14-12-10-8-6-4-2/h3-6,15,17H,7-14,16,18-25H2,1-2H3. The van der Waals surface area contributed by atoms with Gasteiger partial charge in [-0.25, -0.2) is 0 Å². The average Bonchev–Trinajstić information content (AvgIpc) is 2.63. The van der Waals surface area contributed by atoms with Crippen LogP contribution in [0.3, 0.4) is 0 Å². The molecule has 0 heterocycles. The van der Waals surface area contributed by atoms with Gasteiger partial charge in [-0.2, -0.15) is 0 Å². The lowest BCUT2D eigenvalue weighted by Crippen LogP contribution is -1.82. The van der Waals surface area contributed by atoms with Crippen LogP contribution in [-0.4, -0.2) is 0 Å². The second-order valence-corrected chi connectivity index (χ2v) is 7.36. The minimum atomic E-state index is 1.25. The number of allylic oxidation sites excluding steroid dienone is 6. The highest BCUT2D eigenvalue weighted by Gasteiger charge is 1.93. The highest BCUT2D eigenvalue weighted by Crippen LogP contribution is 2.13. The molecule has 0 atom stereocenters. The van der Waals surface area contributed by atoms with Crippen molar-refractivity contribution in [3.05, 3.63) is 36.5 Å². The number of hydrogen-bond acceptors (Lipinski definition) is 0. The molecule has 0 aliphatic carbocycles. The number of hydrogen-bond donors (Lipinski definition) is 0. The highest BCUT2D eigenvalue weighted by atomic mass is 14.0. The Bertz CT molecular complexity index is 308. The van der Waals surface area contributed by atoms with Crippen molar-refractivity contribution in [3.8, 4) is 0 Å². The molecule has 0 spiro atoms. The van der Waals surface area contributed by atoms with Crippen molar-refractivity contribution in [3.63, 3.8) is 0 Å². The molecule has 0 bridgehead atoms. The summed E-state index contributed by atoms with van der Waals surface area (Å²) in [6.45, 7) is 4.22. The molecule has 0 radical (unpaired) electrons. The van der Waals surface area contributed by atoms with E-state index in [-0.39, 0.29) is 0 Å². The Morgan fingerprint density at radius 2 is 0.560 bits per heavy atom. The van der Waals surface area contributed by atoms with Crippen molar-refractivity contribution in [2.24, 2.45) is 0 Å². The van der Waals surface area contributed by atoms with Crippen LogP contribution in [0, 0.1) is 0 Å². The first-order valence-electron chi connectivity index (χ1n) is 11.3. The van der Waals surface area contributed by atoms with Crippen LogP contribution in [0.1, 0.15) is 123 Å². The largest absolute Gasteiger partial charge is 0.0917 e. The van der Waals surface area contributed by atoms with Gasteiger partial charge in [0.15, 0.2) is 0 Å². The second-order valence-electron chi connectivity index (χ2n) is 7.36. The maximum Gasteiger partial charge on any atom is -0.0351 e. The summed E-state index contributed by atoms with van der Waals surface area (Å²) in [5.74, 6) is 0. The van der Waals surface area contributed by atoms with Crippen LogP contribution in [0.25, 0.3) is 0 Å². The molecule has 0 unspecified atom stereocenters. The highest BCUT2D eigenvalue weighted by molar-refractivity contribution is 4.82. The number of rotatable bonds is 19. The summed E-state index contributed by atoms with van der Waals surface area (Å²) < 4.78 is 0. The Balaban J connectivity index is 3.06. The van der Waals surface area contributed by atoms with Crippen molar-refractivity contribution in [2.45, 2.75) is 123 Å². The molecule has 0 amide bonds. The van der Waals surface area contributed by atoms with Gasteiger partial charge in [-0.05, 0) is 65.2 Å². The van der Waals surface area contributed by atoms with Gasteiger partial charge < -0.3 is 0 Å². The summed E-state index contributed by atoms with van der Waals surface area (Å²) in [6.07, 6.45) is 37.3. The average molecular weight is 347 g/mol. The van der Waals surface area contributed by atoms with E-state index in [1.54, 1.807) is 0 Å². The lowest BCUT2D eigenvalue weighted by atomic mass is 10.0. The quantitative estimate of drug-likeness (QED) is 0.161. The maximum absolute atomic E-state index is 2.41. The molecule has 146 valence electrons. The van der Waals surface area contributed by atoms with Gasteiger partial charge in [0.05, 0.1) is 0 Å². The van der Waals surface area contributed by atoms with Gasteiger partial charge in [-0.3, -0.25) is 0 Å². The Morgan fingerprint density at radius 3 is 0.880 bits per heavy atom. The zero-order chi connectivity index (χ0) is 18.3. The van der Waals surface area contributed by atoms with Gasteiger partial charge >= 0.3 is 0 Å². The van der Waals surface area contributed by atoms with E-state index in [1.807, 2.05) is 0 Å². The fourth-order valence-electron chi connectivity index (χ4n) is 3.21. The topological polar surface area (TPSA) is 0 Å². The van der Waals surface area contributed by atoms with Crippen LogP contribution in [0.4, 0.5) is 0 Å². The fraction of sp³-hybridized carbons (Fsp3) is 0.760. The Kier molecular flexibility index (Phi) is 22.5. The van der Waals surface area contributed by atoms with Crippen LogP contribution >= 0.6 is 0 Å². The lowest BCUT2D eigenvalue weighted by Gasteiger charge is -2.02. The Labute approximate surface area is 159 Å². The van der Waals surface area contributed by atoms with Crippen LogP contribution in [0.15, 0.2) is 36.5 Å². The maximum atomic E-state index is 2.41. The normalized spacial score (nSPS) is 12.2. The smallest absolute Gasteiger partial charge is 0.0351 e. The van der Waals surface area contributed by atoms with E-state index >= 15 is 0 Å². The van der Waals surface area contributed by atoms with E-state index < -0.39 is 0 Å². The fourth-order valence-corrected chi connectivity index (χ4v) is 3.21. The molecule has 0 fully saturated rings. The van der Waals surface area contributed by atoms with Crippen LogP contribution in [-0.2, 0) is 0 Å². The molecule has 0 aliphatic rings. The van der Waals surface area contributed by atoms with Crippen LogP contribution in [0.2, 0.25) is 0 Å². The molecular weight excluding hydrogens is 300 g/mol. The van der Waals surface area contributed by atoms with Crippen molar-refractivity contribution in [1.82, 2.24) is 0 Å². The molecule has 0 aromatic heterocycles. The minimum Gasteiger partial charge on any atom is -0.0917 e. The van der Waals surface area contributed by atoms with E-state index in [0.29, 0.717) is 0 Å². The van der Waals surface area contributed by atoms with Crippen molar-refractivity contribution >= 4 is 0 Å². The molecular formula is C25H46. The molecule has 0 saturated carbocycles. The first kappa shape index (κ1) is 24.2. The summed E-state index contributed by atoms with van der Waals surface area (Å²) in [7, 11) is 0. The molecule has 0 saturated heterocycles. The predicted molar refractivity (Wildman–Crippen MR) is 117 cm³/mol. The predicted octanol–water partition coefficient (Wildman–Crippen LogP) is 9.33. The summed E-state index contributed by atoms with van der Waals surface area (Å²) in [5, 5.41) is 0. The molecule has 0 aliphatic heterocycles. The third kappa shape index (κ3) is 23.2. The van der Waals surface area contributed by atoms with Gasteiger partial charge in [-0.15, -0.1) is 0 Å². The first-order chi connectivity index (χ1) is 12.4. The van der Waals surface area contributed by atoms with Crippen molar-refractivity contribution in [1.29, 1.82) is 0 Å². The third-order valence-corrected chi connectivity index (χ3v) is 4.87. The van der Waals surface area contributed by atoms with Crippen molar-refractivity contribution in [2.75, 3.05) is 0 Å². The van der Waals surface area contributed by atoms with Crippen molar-refractivity contribution < 1.29 is 0 Å². The Morgan fingerprint density at radius 1 is 0.320 bits per heavy atom. The van der Waals surface area contributed by atoms with Gasteiger partial charge in [0.1, 0.15) is 0 Å². The SMILES string of the molecule is CC=CCCCCC=CCCCCCCCCCCCCCC=CC. The van der Waals surface area contributed by atoms with E-state index in [4.69, 9.17) is 0 Å². The molecule has 0 rings (SSSR count). The monoisotopic (exact) mass is 346 g/mol. The van der Waals surface area contributed by atoms with Gasteiger partial charge in [0.25, 0.3) is 0 Å². The van der Waals surface area contributed by atoms with Crippen LogP contribution < -0.4 is 0 Å². The van der Waals surface area contributed by atoms with Gasteiger partial charge in [0.2, 0.25) is 0 Å². The van der Waals surface area contributed by atoms with Crippen LogP contribution in [0.5, 0.6) is 0 Å². The minimum absolute atomic E-state index is 1.25. The summed E-state index contributed by atoms with van der Waals surface area (Å²) in [6, 6.07) is 0. The molecule has 0 aromatic carbocycles. The summed E-state index contributed by atoms with van der Waals surface area (Å²) >= 11 is 0. The van der Waals surface area contributed by atoms with E-state index in [1.165, 1.54) is 109 Å². The molecule has 0 nitrogen and oxygen atoms in total. The summed E-state index contributed by atoms with van der Waals surface area (Å²) in [4.78, 5) is 0. The van der Waals surface area contributed by atoms with E-state index in [2.05, 4.69) is 50.3 Å². The van der Waals surface area contributed by atoms with Gasteiger partial charge in [0, 0.05) is 0 Å². The molecule has 0 N–H and O–H groups in total. The zero-order valence-electron chi connectivity index (χ0n) is 17.5. The third-order valence-electron chi connectivity index (χ3n) is 4.87. The lowest BCUT2D eigenvalue weighted by molar-refractivity contribution is 0.547. The molecule has 0 heteroatoms. The zero-order valence-corrected chi connectivity index (χ0v) is 17.5. The van der Waals surface area contributed by atoms with Gasteiger partial charge in [-0.1, -0.05) is 94.2 Å². The number of unbranched alkanes of at least 4 members (excludes halogenated alkanes) is 15. The molecule has 0 aromatic rings.